The Bertz CT molecular complexity index is 213. The van der Waals surface area contributed by atoms with Crippen LogP contribution in [0.5, 0.6) is 0 Å². The van der Waals surface area contributed by atoms with Gasteiger partial charge in [-0.05, 0) is 32.5 Å². The third kappa shape index (κ3) is 6.58. The van der Waals surface area contributed by atoms with E-state index in [9.17, 15) is 0 Å². The van der Waals surface area contributed by atoms with Gasteiger partial charge < -0.3 is 5.32 Å². The van der Waals surface area contributed by atoms with Crippen molar-refractivity contribution in [2.75, 3.05) is 19.6 Å². The number of nitrogens with one attached hydrogen (secondary N) is 1. The normalized spacial score (nSPS) is 27.0. The molecule has 2 atom stereocenters. The Labute approximate surface area is 127 Å². The zero-order valence-corrected chi connectivity index (χ0v) is 14.3. The van der Waals surface area contributed by atoms with Crippen molar-refractivity contribution in [1.82, 2.24) is 10.2 Å². The molecule has 0 radical (unpaired) electrons. The van der Waals surface area contributed by atoms with Crippen LogP contribution >= 0.6 is 0 Å². The van der Waals surface area contributed by atoms with Crippen LogP contribution in [0.4, 0.5) is 0 Å². The third-order valence-electron chi connectivity index (χ3n) is 4.98. The first kappa shape index (κ1) is 18.0. The molecule has 0 aromatic rings. The number of rotatable bonds is 5. The minimum atomic E-state index is 0.708. The second kappa shape index (κ2) is 11.6. The lowest BCUT2D eigenvalue weighted by atomic mass is 9.92. The van der Waals surface area contributed by atoms with Gasteiger partial charge in [0.25, 0.3) is 0 Å². The van der Waals surface area contributed by atoms with E-state index in [-0.39, 0.29) is 0 Å². The second-order valence-corrected chi connectivity index (χ2v) is 6.36. The molecule has 0 bridgehead atoms. The molecule has 0 amide bonds. The molecule has 20 heavy (non-hydrogen) atoms. The standard InChI is InChI=1S/C18H38N2/c1-4-19-17-15-13-11-9-7-8-10-12-14-16-18(17)20(5-2)6-3/h17-19H,4-16H2,1-3H3. The molecule has 0 spiro atoms. The molecule has 0 aromatic heterocycles. The Morgan fingerprint density at radius 3 is 1.75 bits per heavy atom. The number of hydrogen-bond acceptors (Lipinski definition) is 2. The molecular formula is C18H38N2. The Morgan fingerprint density at radius 2 is 1.25 bits per heavy atom. The zero-order chi connectivity index (χ0) is 14.6. The van der Waals surface area contributed by atoms with Gasteiger partial charge in [0.15, 0.2) is 0 Å². The summed E-state index contributed by atoms with van der Waals surface area (Å²) < 4.78 is 0. The number of likely N-dealkylation sites (N-methyl/N-ethyl adjacent to an activating group) is 2. The van der Waals surface area contributed by atoms with E-state index in [4.69, 9.17) is 0 Å². The Morgan fingerprint density at radius 1 is 0.750 bits per heavy atom. The fourth-order valence-corrected chi connectivity index (χ4v) is 3.80. The molecular weight excluding hydrogens is 244 g/mol. The molecule has 2 unspecified atom stereocenters. The van der Waals surface area contributed by atoms with Crippen molar-refractivity contribution >= 4 is 0 Å². The van der Waals surface area contributed by atoms with E-state index in [1.807, 2.05) is 0 Å². The number of nitrogens with zero attached hydrogens (tertiary/aromatic N) is 1. The van der Waals surface area contributed by atoms with Gasteiger partial charge in [0.05, 0.1) is 0 Å². The SMILES string of the molecule is CCNC1CCCCCCCCCCC1N(CC)CC. The van der Waals surface area contributed by atoms with Crippen molar-refractivity contribution in [2.45, 2.75) is 97.1 Å². The van der Waals surface area contributed by atoms with E-state index in [0.717, 1.165) is 12.6 Å². The van der Waals surface area contributed by atoms with Gasteiger partial charge in [-0.2, -0.15) is 0 Å². The van der Waals surface area contributed by atoms with Crippen LogP contribution in [0, 0.1) is 0 Å². The summed E-state index contributed by atoms with van der Waals surface area (Å²) in [5, 5.41) is 3.79. The highest BCUT2D eigenvalue weighted by Crippen LogP contribution is 2.21. The summed E-state index contributed by atoms with van der Waals surface area (Å²) in [6.45, 7) is 10.4. The van der Waals surface area contributed by atoms with Crippen molar-refractivity contribution in [3.8, 4) is 0 Å². The molecule has 1 saturated carbocycles. The highest BCUT2D eigenvalue weighted by atomic mass is 15.2. The molecule has 0 aromatic carbocycles. The van der Waals surface area contributed by atoms with E-state index in [0.29, 0.717) is 6.04 Å². The summed E-state index contributed by atoms with van der Waals surface area (Å²) in [6, 6.07) is 1.46. The van der Waals surface area contributed by atoms with Crippen molar-refractivity contribution in [3.63, 3.8) is 0 Å². The van der Waals surface area contributed by atoms with E-state index in [2.05, 4.69) is 31.0 Å². The van der Waals surface area contributed by atoms with Gasteiger partial charge in [0, 0.05) is 12.1 Å². The average Bonchev–Trinajstić information content (AvgIpc) is 2.45. The fourth-order valence-electron chi connectivity index (χ4n) is 3.80. The maximum atomic E-state index is 3.79. The summed E-state index contributed by atoms with van der Waals surface area (Å²) in [4.78, 5) is 2.69. The van der Waals surface area contributed by atoms with E-state index < -0.39 is 0 Å². The van der Waals surface area contributed by atoms with Crippen LogP contribution in [-0.4, -0.2) is 36.6 Å². The van der Waals surface area contributed by atoms with Gasteiger partial charge in [0.1, 0.15) is 0 Å². The molecule has 0 heterocycles. The molecule has 0 saturated heterocycles. The predicted octanol–water partition coefficient (Wildman–Crippen LogP) is 4.59. The Hall–Kier alpha value is -0.0800. The van der Waals surface area contributed by atoms with Crippen LogP contribution in [0.15, 0.2) is 0 Å². The van der Waals surface area contributed by atoms with Crippen molar-refractivity contribution in [1.29, 1.82) is 0 Å². The molecule has 0 aliphatic heterocycles. The van der Waals surface area contributed by atoms with Gasteiger partial charge in [-0.15, -0.1) is 0 Å². The molecule has 1 N–H and O–H groups in total. The van der Waals surface area contributed by atoms with Gasteiger partial charge >= 0.3 is 0 Å². The lowest BCUT2D eigenvalue weighted by Crippen LogP contribution is -2.50. The number of hydrogen-bond donors (Lipinski definition) is 1. The Kier molecular flexibility index (Phi) is 10.4. The lowest BCUT2D eigenvalue weighted by Gasteiger charge is -2.37. The molecule has 1 aliphatic carbocycles. The minimum absolute atomic E-state index is 0.708. The zero-order valence-electron chi connectivity index (χ0n) is 14.3. The van der Waals surface area contributed by atoms with Crippen LogP contribution in [-0.2, 0) is 0 Å². The summed E-state index contributed by atoms with van der Waals surface area (Å²) in [6.07, 6.45) is 14.3. The van der Waals surface area contributed by atoms with Crippen molar-refractivity contribution < 1.29 is 0 Å². The first-order chi connectivity index (χ1) is 9.83. The average molecular weight is 283 g/mol. The first-order valence-electron chi connectivity index (χ1n) is 9.30. The first-order valence-corrected chi connectivity index (χ1v) is 9.30. The molecule has 1 rings (SSSR count). The molecule has 2 heteroatoms. The molecule has 1 fully saturated rings. The smallest absolute Gasteiger partial charge is 0.0249 e. The van der Waals surface area contributed by atoms with Crippen LogP contribution in [0.25, 0.3) is 0 Å². The van der Waals surface area contributed by atoms with E-state index >= 15 is 0 Å². The topological polar surface area (TPSA) is 15.3 Å². The summed E-state index contributed by atoms with van der Waals surface area (Å²) in [5.74, 6) is 0. The molecule has 120 valence electrons. The maximum absolute atomic E-state index is 3.79. The predicted molar refractivity (Wildman–Crippen MR) is 90.3 cm³/mol. The van der Waals surface area contributed by atoms with Gasteiger partial charge in [-0.25, -0.2) is 0 Å². The van der Waals surface area contributed by atoms with Crippen LogP contribution in [0.1, 0.15) is 85.0 Å². The molecule has 2 nitrogen and oxygen atoms in total. The van der Waals surface area contributed by atoms with Crippen LogP contribution in [0.3, 0.4) is 0 Å². The van der Waals surface area contributed by atoms with Crippen molar-refractivity contribution in [3.05, 3.63) is 0 Å². The van der Waals surface area contributed by atoms with Crippen LogP contribution < -0.4 is 5.32 Å². The summed E-state index contributed by atoms with van der Waals surface area (Å²) in [7, 11) is 0. The minimum Gasteiger partial charge on any atom is -0.313 e. The fraction of sp³-hybridized carbons (Fsp3) is 1.00. The summed E-state index contributed by atoms with van der Waals surface area (Å²) >= 11 is 0. The highest BCUT2D eigenvalue weighted by Gasteiger charge is 2.24. The van der Waals surface area contributed by atoms with Gasteiger partial charge in [-0.1, -0.05) is 72.1 Å². The quantitative estimate of drug-likeness (QED) is 0.793. The van der Waals surface area contributed by atoms with Gasteiger partial charge in [-0.3, -0.25) is 4.90 Å². The molecule has 1 aliphatic rings. The highest BCUT2D eigenvalue weighted by molar-refractivity contribution is 4.84. The Balaban J connectivity index is 2.65. The van der Waals surface area contributed by atoms with E-state index in [1.165, 1.54) is 77.3 Å². The second-order valence-electron chi connectivity index (χ2n) is 6.36. The monoisotopic (exact) mass is 282 g/mol. The third-order valence-corrected chi connectivity index (χ3v) is 4.98. The lowest BCUT2D eigenvalue weighted by molar-refractivity contribution is 0.152. The van der Waals surface area contributed by atoms with Crippen LogP contribution in [0.2, 0.25) is 0 Å². The van der Waals surface area contributed by atoms with Crippen molar-refractivity contribution in [2.24, 2.45) is 0 Å². The summed E-state index contributed by atoms with van der Waals surface area (Å²) in [5.41, 5.74) is 0. The largest absolute Gasteiger partial charge is 0.313 e. The van der Waals surface area contributed by atoms with E-state index in [1.54, 1.807) is 0 Å². The van der Waals surface area contributed by atoms with Gasteiger partial charge in [0.2, 0.25) is 0 Å². The maximum Gasteiger partial charge on any atom is 0.0249 e.